The van der Waals surface area contributed by atoms with E-state index in [-0.39, 0.29) is 5.91 Å². The number of hydrazone groups is 1. The Balaban J connectivity index is 2.00. The lowest BCUT2D eigenvalue weighted by Crippen LogP contribution is -2.18. The first kappa shape index (κ1) is 16.2. The first-order chi connectivity index (χ1) is 10.6. The summed E-state index contributed by atoms with van der Waals surface area (Å²) in [7, 11) is 0. The Morgan fingerprint density at radius 3 is 2.55 bits per heavy atom. The van der Waals surface area contributed by atoms with E-state index in [0.717, 1.165) is 21.2 Å². The monoisotopic (exact) mass is 356 g/mol. The summed E-state index contributed by atoms with van der Waals surface area (Å²) in [6.07, 6.45) is 3.49. The quantitative estimate of drug-likeness (QED) is 0.637. The third-order valence-corrected chi connectivity index (χ3v) is 3.52. The van der Waals surface area contributed by atoms with Crippen LogP contribution in [0.15, 0.2) is 58.1 Å². The van der Waals surface area contributed by atoms with E-state index in [0.29, 0.717) is 5.56 Å². The second kappa shape index (κ2) is 7.71. The minimum absolute atomic E-state index is 0.214. The molecule has 2 aromatic rings. The van der Waals surface area contributed by atoms with Crippen LogP contribution in [0, 0.1) is 13.8 Å². The van der Waals surface area contributed by atoms with Crippen molar-refractivity contribution in [1.82, 2.24) is 5.43 Å². The molecule has 0 heterocycles. The van der Waals surface area contributed by atoms with Gasteiger partial charge in [0, 0.05) is 10.0 Å². The number of aryl methyl sites for hydroxylation is 2. The summed E-state index contributed by atoms with van der Waals surface area (Å²) >= 11 is 3.41. The number of halogens is 1. The van der Waals surface area contributed by atoms with Crippen molar-refractivity contribution in [2.75, 3.05) is 0 Å². The minimum Gasteiger partial charge on any atom is -0.267 e. The molecule has 0 unspecified atom stereocenters. The fraction of sp³-hybridized carbons (Fsp3) is 0.111. The minimum atomic E-state index is -0.214. The van der Waals surface area contributed by atoms with Crippen molar-refractivity contribution in [3.63, 3.8) is 0 Å². The van der Waals surface area contributed by atoms with Crippen LogP contribution in [0.3, 0.4) is 0 Å². The maximum Gasteiger partial charge on any atom is 0.271 e. The van der Waals surface area contributed by atoms with Gasteiger partial charge in [0.1, 0.15) is 0 Å². The molecule has 1 N–H and O–H groups in total. The molecule has 2 aromatic carbocycles. The predicted molar refractivity (Wildman–Crippen MR) is 95.2 cm³/mol. The molecular weight excluding hydrogens is 340 g/mol. The number of hydrogen-bond donors (Lipinski definition) is 1. The maximum atomic E-state index is 12.1. The zero-order valence-electron chi connectivity index (χ0n) is 12.5. The van der Waals surface area contributed by atoms with Crippen LogP contribution in [0.2, 0.25) is 0 Å². The SMILES string of the molecule is Cc1ccc(C(=O)N/N=C\C(Br)=C\c2ccccc2)c(C)c1. The lowest BCUT2D eigenvalue weighted by atomic mass is 10.1. The molecule has 0 aliphatic rings. The van der Waals surface area contributed by atoms with E-state index in [1.165, 1.54) is 0 Å². The Morgan fingerprint density at radius 1 is 1.14 bits per heavy atom. The molecule has 0 bridgehead atoms. The highest BCUT2D eigenvalue weighted by molar-refractivity contribution is 9.12. The number of amides is 1. The Labute approximate surface area is 138 Å². The predicted octanol–water partition coefficient (Wildman–Crippen LogP) is 4.46. The van der Waals surface area contributed by atoms with Crippen molar-refractivity contribution in [2.24, 2.45) is 5.10 Å². The summed E-state index contributed by atoms with van der Waals surface area (Å²) < 4.78 is 0.777. The second-order valence-corrected chi connectivity index (χ2v) is 5.87. The summed E-state index contributed by atoms with van der Waals surface area (Å²) in [5, 5.41) is 3.97. The van der Waals surface area contributed by atoms with Crippen LogP contribution in [0.25, 0.3) is 6.08 Å². The van der Waals surface area contributed by atoms with E-state index in [4.69, 9.17) is 0 Å². The van der Waals surface area contributed by atoms with Crippen LogP contribution in [-0.4, -0.2) is 12.1 Å². The topological polar surface area (TPSA) is 41.5 Å². The zero-order chi connectivity index (χ0) is 15.9. The van der Waals surface area contributed by atoms with Crippen molar-refractivity contribution in [2.45, 2.75) is 13.8 Å². The number of nitrogens with zero attached hydrogens (tertiary/aromatic N) is 1. The molecule has 0 saturated carbocycles. The molecule has 3 nitrogen and oxygen atoms in total. The van der Waals surface area contributed by atoms with E-state index >= 15 is 0 Å². The smallest absolute Gasteiger partial charge is 0.267 e. The highest BCUT2D eigenvalue weighted by Gasteiger charge is 2.07. The average molecular weight is 357 g/mol. The lowest BCUT2D eigenvalue weighted by Gasteiger charge is -2.04. The fourth-order valence-corrected chi connectivity index (χ4v) is 2.39. The van der Waals surface area contributed by atoms with E-state index in [9.17, 15) is 4.79 Å². The van der Waals surface area contributed by atoms with Crippen LogP contribution in [0.1, 0.15) is 27.0 Å². The zero-order valence-corrected chi connectivity index (χ0v) is 14.1. The van der Waals surface area contributed by atoms with Gasteiger partial charge in [-0.15, -0.1) is 0 Å². The van der Waals surface area contributed by atoms with Gasteiger partial charge in [-0.05, 0) is 53.0 Å². The first-order valence-corrected chi connectivity index (χ1v) is 7.68. The summed E-state index contributed by atoms with van der Waals surface area (Å²) in [5.74, 6) is -0.214. The molecule has 0 spiro atoms. The van der Waals surface area contributed by atoms with Crippen molar-refractivity contribution in [1.29, 1.82) is 0 Å². The van der Waals surface area contributed by atoms with Gasteiger partial charge in [-0.2, -0.15) is 5.10 Å². The number of benzene rings is 2. The average Bonchev–Trinajstić information content (AvgIpc) is 2.48. The summed E-state index contributed by atoms with van der Waals surface area (Å²) in [6.45, 7) is 3.91. The van der Waals surface area contributed by atoms with Gasteiger partial charge in [0.15, 0.2) is 0 Å². The molecule has 1 amide bonds. The molecule has 0 fully saturated rings. The number of hydrogen-bond acceptors (Lipinski definition) is 2. The summed E-state index contributed by atoms with van der Waals surface area (Å²) in [5.41, 5.74) is 6.29. The Hall–Kier alpha value is -2.20. The molecule has 0 aliphatic heterocycles. The van der Waals surface area contributed by atoms with E-state index < -0.39 is 0 Å². The van der Waals surface area contributed by atoms with Gasteiger partial charge in [0.05, 0.1) is 6.21 Å². The molecule has 0 aliphatic carbocycles. The maximum absolute atomic E-state index is 12.1. The molecule has 0 saturated heterocycles. The Bertz CT molecular complexity index is 721. The molecule has 0 aromatic heterocycles. The number of allylic oxidation sites excluding steroid dienone is 1. The highest BCUT2D eigenvalue weighted by atomic mass is 79.9. The number of nitrogens with one attached hydrogen (secondary N) is 1. The lowest BCUT2D eigenvalue weighted by molar-refractivity contribution is 0.0954. The number of rotatable bonds is 4. The van der Waals surface area contributed by atoms with Crippen LogP contribution >= 0.6 is 15.9 Å². The molecule has 112 valence electrons. The summed E-state index contributed by atoms with van der Waals surface area (Å²) in [4.78, 5) is 12.1. The Morgan fingerprint density at radius 2 is 1.86 bits per heavy atom. The molecule has 2 rings (SSSR count). The first-order valence-electron chi connectivity index (χ1n) is 6.89. The third-order valence-electron chi connectivity index (χ3n) is 3.08. The van der Waals surface area contributed by atoms with Crippen LogP contribution < -0.4 is 5.43 Å². The molecule has 0 radical (unpaired) electrons. The van der Waals surface area contributed by atoms with Gasteiger partial charge < -0.3 is 0 Å². The van der Waals surface area contributed by atoms with Gasteiger partial charge in [0.25, 0.3) is 5.91 Å². The van der Waals surface area contributed by atoms with E-state index in [2.05, 4.69) is 26.5 Å². The second-order valence-electron chi connectivity index (χ2n) is 4.96. The van der Waals surface area contributed by atoms with Crippen LogP contribution in [0.4, 0.5) is 0 Å². The largest absolute Gasteiger partial charge is 0.271 e. The fourth-order valence-electron chi connectivity index (χ4n) is 2.03. The van der Waals surface area contributed by atoms with Gasteiger partial charge in [0.2, 0.25) is 0 Å². The van der Waals surface area contributed by atoms with Crippen molar-refractivity contribution >= 4 is 34.1 Å². The molecule has 22 heavy (non-hydrogen) atoms. The van der Waals surface area contributed by atoms with Gasteiger partial charge in [-0.1, -0.05) is 48.0 Å². The standard InChI is InChI=1S/C18H17BrN2O/c1-13-8-9-17(14(2)10-13)18(22)21-20-12-16(19)11-15-6-4-3-5-7-15/h3-12H,1-2H3,(H,21,22)/b16-11-,20-12-. The third kappa shape index (κ3) is 4.67. The molecule has 0 atom stereocenters. The molecular formula is C18H17BrN2O. The normalized spacial score (nSPS) is 11.7. The summed E-state index contributed by atoms with van der Waals surface area (Å²) in [6, 6.07) is 15.6. The van der Waals surface area contributed by atoms with Crippen LogP contribution in [0.5, 0.6) is 0 Å². The highest BCUT2D eigenvalue weighted by Crippen LogP contribution is 2.11. The van der Waals surface area contributed by atoms with Gasteiger partial charge in [-0.25, -0.2) is 5.43 Å². The molecule has 4 heteroatoms. The van der Waals surface area contributed by atoms with Crippen molar-refractivity contribution < 1.29 is 4.79 Å². The van der Waals surface area contributed by atoms with E-state index in [1.54, 1.807) is 6.21 Å². The number of carbonyl (C=O) groups is 1. The van der Waals surface area contributed by atoms with Crippen LogP contribution in [-0.2, 0) is 0 Å². The van der Waals surface area contributed by atoms with E-state index in [1.807, 2.05) is 68.5 Å². The van der Waals surface area contributed by atoms with Gasteiger partial charge >= 0.3 is 0 Å². The van der Waals surface area contributed by atoms with Crippen molar-refractivity contribution in [3.8, 4) is 0 Å². The number of carbonyl (C=O) groups excluding carboxylic acids is 1. The van der Waals surface area contributed by atoms with Crippen molar-refractivity contribution in [3.05, 3.63) is 75.3 Å². The Kier molecular flexibility index (Phi) is 5.67. The van der Waals surface area contributed by atoms with Gasteiger partial charge in [-0.3, -0.25) is 4.79 Å².